The van der Waals surface area contributed by atoms with Crippen molar-refractivity contribution in [1.82, 2.24) is 0 Å². The Hall–Kier alpha value is -14.9. The van der Waals surface area contributed by atoms with Gasteiger partial charge < -0.3 is 0 Å². The fraction of sp³-hybridized carbons (Fsp3) is 0. The van der Waals surface area contributed by atoms with Gasteiger partial charge >= 0.3 is 0 Å². The zero-order valence-electron chi connectivity index (χ0n) is 52.9. The van der Waals surface area contributed by atoms with Gasteiger partial charge in [0.2, 0.25) is 0 Å². The third-order valence-electron chi connectivity index (χ3n) is 18.0. The Balaban J connectivity index is 1.17. The summed E-state index contributed by atoms with van der Waals surface area (Å²) in [5.41, 5.74) is 23.4. The predicted molar refractivity (Wildman–Crippen MR) is 411 cm³/mol. The molecule has 442 valence electrons. The van der Waals surface area contributed by atoms with Crippen molar-refractivity contribution < 1.29 is 0 Å². The maximum atomic E-state index is 6.46. The molecule has 0 aliphatic heterocycles. The molecule has 0 aliphatic carbocycles. The van der Waals surface area contributed by atoms with E-state index in [1.165, 1.54) is 0 Å². The summed E-state index contributed by atoms with van der Waals surface area (Å²) in [4.78, 5) is 0. The highest BCUT2D eigenvalue weighted by molar-refractivity contribution is 6.23. The number of terminal acetylenes is 12. The number of hydrogen-bond acceptors (Lipinski definition) is 0. The van der Waals surface area contributed by atoms with Crippen LogP contribution < -0.4 is 0 Å². The van der Waals surface area contributed by atoms with Crippen LogP contribution in [0.2, 0.25) is 0 Å². The van der Waals surface area contributed by atoms with E-state index in [1.54, 1.807) is 0 Å². The molecule has 0 heteroatoms. The van der Waals surface area contributed by atoms with Crippen LogP contribution in [0.5, 0.6) is 0 Å². The molecule has 0 saturated carbocycles. The molecule has 0 aromatic heterocycles. The normalized spacial score (nSPS) is 10.3. The topological polar surface area (TPSA) is 0 Å². The second-order valence-corrected chi connectivity index (χ2v) is 23.1. The lowest BCUT2D eigenvalue weighted by molar-refractivity contribution is 1.51. The smallest absolute Gasteiger partial charge is 0.0477 e. The van der Waals surface area contributed by atoms with Crippen molar-refractivity contribution in [3.8, 4) is 259 Å². The minimum atomic E-state index is 0.567. The van der Waals surface area contributed by atoms with Crippen LogP contribution in [-0.4, -0.2) is 0 Å². The van der Waals surface area contributed by atoms with Gasteiger partial charge in [0, 0.05) is 66.8 Å². The molecule has 13 rings (SSSR count). The fourth-order valence-electron chi connectivity index (χ4n) is 13.6. The largest absolute Gasteiger partial charge is 0.115 e. The Morgan fingerprint density at radius 2 is 0.398 bits per heavy atom. The molecule has 0 atom stereocenters. The van der Waals surface area contributed by atoms with Crippen molar-refractivity contribution in [2.75, 3.05) is 0 Å². The molecule has 0 unspecified atom stereocenters. The highest BCUT2D eigenvalue weighted by Crippen LogP contribution is 2.50. The Labute approximate surface area is 574 Å². The van der Waals surface area contributed by atoms with Crippen molar-refractivity contribution in [2.45, 2.75) is 0 Å². The average molecular weight is 1230 g/mol. The van der Waals surface area contributed by atoms with Gasteiger partial charge in [-0.3, -0.25) is 0 Å². The molecule has 0 N–H and O–H groups in total. The van der Waals surface area contributed by atoms with Crippen LogP contribution in [0, 0.1) is 148 Å². The Bertz CT molecular complexity index is 5730. The summed E-state index contributed by atoms with van der Waals surface area (Å²) in [7, 11) is 0. The number of fused-ring (bicyclic) bond motifs is 2. The van der Waals surface area contributed by atoms with Crippen molar-refractivity contribution in [2.24, 2.45) is 0 Å². The minimum Gasteiger partial charge on any atom is -0.115 e. The highest BCUT2D eigenvalue weighted by Gasteiger charge is 2.25. The molecule has 0 amide bonds. The molecule has 0 radical (unpaired) electrons. The summed E-state index contributed by atoms with van der Waals surface area (Å²) in [6, 6.07) is 77.2. The Kier molecular flexibility index (Phi) is 16.7. The molecule has 0 bridgehead atoms. The maximum absolute atomic E-state index is 6.46. The van der Waals surface area contributed by atoms with E-state index < -0.39 is 0 Å². The second-order valence-electron chi connectivity index (χ2n) is 23.1. The monoisotopic (exact) mass is 1230 g/mol. The van der Waals surface area contributed by atoms with Gasteiger partial charge in [-0.15, -0.1) is 77.1 Å². The summed E-state index contributed by atoms with van der Waals surface area (Å²) in [6.07, 6.45) is 75.1. The van der Waals surface area contributed by atoms with E-state index in [2.05, 4.69) is 192 Å². The molecule has 0 nitrogen and oxygen atoms in total. The molecule has 98 heavy (non-hydrogen) atoms. The van der Waals surface area contributed by atoms with Crippen molar-refractivity contribution >= 4 is 21.5 Å². The number of benzene rings is 13. The quantitative estimate of drug-likeness (QED) is 0.0946. The zero-order chi connectivity index (χ0) is 68.1. The highest BCUT2D eigenvalue weighted by atomic mass is 14.3. The van der Waals surface area contributed by atoms with Crippen LogP contribution in [0.15, 0.2) is 231 Å². The van der Waals surface area contributed by atoms with E-state index in [1.807, 2.05) is 109 Å². The van der Waals surface area contributed by atoms with Gasteiger partial charge in [0.1, 0.15) is 0 Å². The van der Waals surface area contributed by atoms with Crippen LogP contribution in [0.1, 0.15) is 66.8 Å². The molecule has 13 aromatic carbocycles. The third-order valence-corrected chi connectivity index (χ3v) is 18.0. The van der Waals surface area contributed by atoms with E-state index in [4.69, 9.17) is 77.1 Å². The number of hydrogen-bond donors (Lipinski definition) is 0. The van der Waals surface area contributed by atoms with Crippen molar-refractivity contribution in [1.29, 1.82) is 0 Å². The van der Waals surface area contributed by atoms with E-state index in [0.29, 0.717) is 66.8 Å². The van der Waals surface area contributed by atoms with Crippen LogP contribution in [0.3, 0.4) is 0 Å². The van der Waals surface area contributed by atoms with E-state index in [9.17, 15) is 0 Å². The van der Waals surface area contributed by atoms with Gasteiger partial charge in [-0.2, -0.15) is 0 Å². The second kappa shape index (κ2) is 26.4. The molecule has 0 heterocycles. The molecule has 0 aliphatic rings. The SMILES string of the molecule is C#Cc1cccc(-c2cc(-c3cc(-c4cc(-c5cccc(C#C)c5C#C)cc(-c5cccc(C#C)c5C#C)c4)cc(-c4c5ccccc5c(-c5ccc(-c6cccc(C#C)c6C#C)cc5-c5cccc(C#C)c5C#C)c5ccccc45)c3)cc(-c3cccc(C#C)c3C#C)c2)c1C#C. The predicted octanol–water partition coefficient (Wildman–Crippen LogP) is 20.4. The molecule has 13 aromatic rings. The summed E-state index contributed by atoms with van der Waals surface area (Å²) in [5.74, 6) is 34.4. The van der Waals surface area contributed by atoms with Crippen LogP contribution >= 0.6 is 0 Å². The van der Waals surface area contributed by atoms with Crippen molar-refractivity contribution in [3.63, 3.8) is 0 Å². The van der Waals surface area contributed by atoms with Gasteiger partial charge in [-0.1, -0.05) is 205 Å². The molecule has 0 saturated heterocycles. The Morgan fingerprint density at radius 3 is 0.694 bits per heavy atom. The molecular formula is C98H50. The van der Waals surface area contributed by atoms with Crippen molar-refractivity contribution in [3.05, 3.63) is 297 Å². The van der Waals surface area contributed by atoms with Gasteiger partial charge in [-0.05, 0) is 230 Å². The Morgan fingerprint density at radius 1 is 0.153 bits per heavy atom. The standard InChI is InChI=1S/C98H50/c1-13-63-35-29-45-85(79(63)19-7)69-51-52-95(96(62-69)90-50-34-40-68(18-6)84(90)24-12)98-93-43-27-25-41-91(93)97(92-42-26-28-44-94(92)98)78-58-70(72-54-74(86-46-30-36-64(14-2)80(86)20-8)60-75(55-72)87-47-31-37-65(15-3)81(87)21-9)53-71(59-78)73-56-76(88-48-32-38-66(16-4)82(88)22-10)61-77(57-73)89-49-33-39-67(17-5)83(89)23-11/h1-12,25-62H. The summed E-state index contributed by atoms with van der Waals surface area (Å²) < 4.78 is 0. The minimum absolute atomic E-state index is 0.567. The summed E-state index contributed by atoms with van der Waals surface area (Å²) >= 11 is 0. The molecule has 0 fully saturated rings. The first-order valence-corrected chi connectivity index (χ1v) is 31.0. The van der Waals surface area contributed by atoms with Gasteiger partial charge in [0.25, 0.3) is 0 Å². The fourth-order valence-corrected chi connectivity index (χ4v) is 13.6. The lowest BCUT2D eigenvalue weighted by atomic mass is 9.81. The average Bonchev–Trinajstić information content (AvgIpc) is 0.730. The van der Waals surface area contributed by atoms with E-state index in [0.717, 1.165) is 133 Å². The van der Waals surface area contributed by atoms with Gasteiger partial charge in [0.05, 0.1) is 0 Å². The molecule has 0 spiro atoms. The number of rotatable bonds is 10. The van der Waals surface area contributed by atoms with E-state index in [-0.39, 0.29) is 0 Å². The first kappa shape index (κ1) is 61.9. The lowest BCUT2D eigenvalue weighted by Gasteiger charge is -2.22. The van der Waals surface area contributed by atoms with Crippen LogP contribution in [0.4, 0.5) is 0 Å². The first-order chi connectivity index (χ1) is 48.1. The van der Waals surface area contributed by atoms with Gasteiger partial charge in [-0.25, -0.2) is 0 Å². The lowest BCUT2D eigenvalue weighted by Crippen LogP contribution is -1.97. The zero-order valence-corrected chi connectivity index (χ0v) is 52.9. The van der Waals surface area contributed by atoms with Crippen LogP contribution in [0.25, 0.3) is 133 Å². The first-order valence-electron chi connectivity index (χ1n) is 31.0. The maximum Gasteiger partial charge on any atom is 0.0477 e. The summed E-state index contributed by atoms with van der Waals surface area (Å²) in [5, 5.41) is 3.83. The molecular weight excluding hydrogens is 1180 g/mol. The third kappa shape index (κ3) is 10.7. The summed E-state index contributed by atoms with van der Waals surface area (Å²) in [6.45, 7) is 0. The van der Waals surface area contributed by atoms with Crippen LogP contribution in [-0.2, 0) is 0 Å². The van der Waals surface area contributed by atoms with E-state index >= 15 is 0 Å². The van der Waals surface area contributed by atoms with Gasteiger partial charge in [0.15, 0.2) is 0 Å².